The zero-order chi connectivity index (χ0) is 14.2. The van der Waals surface area contributed by atoms with Crippen LogP contribution in [0.15, 0.2) is 0 Å². The second-order valence-electron chi connectivity index (χ2n) is 7.79. The number of ether oxygens (including phenoxy) is 1. The summed E-state index contributed by atoms with van der Waals surface area (Å²) in [5.74, 6) is 1.92. The number of aliphatic hydroxyl groups excluding tert-OH is 1. The second kappa shape index (κ2) is 5.94. The number of rotatable bonds is 4. The predicted octanol–water partition coefficient (Wildman–Crippen LogP) is 2.58. The Morgan fingerprint density at radius 1 is 1.10 bits per heavy atom. The van der Waals surface area contributed by atoms with Crippen molar-refractivity contribution >= 4 is 0 Å². The predicted molar refractivity (Wildman–Crippen MR) is 80.6 cm³/mol. The Morgan fingerprint density at radius 3 is 2.60 bits per heavy atom. The van der Waals surface area contributed by atoms with Crippen LogP contribution in [-0.2, 0) is 4.74 Å². The average molecular weight is 281 g/mol. The fraction of sp³-hybridized carbons (Fsp3) is 1.00. The van der Waals surface area contributed by atoms with Crippen LogP contribution in [0.3, 0.4) is 0 Å². The molecule has 1 heterocycles. The van der Waals surface area contributed by atoms with E-state index >= 15 is 0 Å². The van der Waals surface area contributed by atoms with Crippen LogP contribution in [-0.4, -0.2) is 37.0 Å². The molecule has 116 valence electrons. The molecule has 0 bridgehead atoms. The van der Waals surface area contributed by atoms with Crippen LogP contribution in [0.4, 0.5) is 0 Å². The zero-order valence-corrected chi connectivity index (χ0v) is 13.1. The van der Waals surface area contributed by atoms with E-state index in [-0.39, 0.29) is 5.41 Å². The highest BCUT2D eigenvalue weighted by Crippen LogP contribution is 2.51. The van der Waals surface area contributed by atoms with Gasteiger partial charge in [-0.2, -0.15) is 0 Å². The van der Waals surface area contributed by atoms with Gasteiger partial charge in [-0.25, -0.2) is 0 Å². The van der Waals surface area contributed by atoms with E-state index in [0.29, 0.717) is 30.6 Å². The van der Waals surface area contributed by atoms with Crippen LogP contribution in [0.1, 0.15) is 52.4 Å². The van der Waals surface area contributed by atoms with E-state index in [2.05, 4.69) is 19.2 Å². The first-order valence-electron chi connectivity index (χ1n) is 8.60. The first kappa shape index (κ1) is 14.8. The van der Waals surface area contributed by atoms with Crippen molar-refractivity contribution in [2.45, 2.75) is 64.5 Å². The molecular weight excluding hydrogens is 250 g/mol. The Morgan fingerprint density at radius 2 is 1.85 bits per heavy atom. The molecule has 2 N–H and O–H groups in total. The minimum atomic E-state index is 0.272. The lowest BCUT2D eigenvalue weighted by atomic mass is 9.55. The third-order valence-corrected chi connectivity index (χ3v) is 6.23. The fourth-order valence-corrected chi connectivity index (χ4v) is 5.01. The molecule has 3 heteroatoms. The van der Waals surface area contributed by atoms with Crippen molar-refractivity contribution in [1.29, 1.82) is 0 Å². The maximum Gasteiger partial charge on any atom is 0.0684 e. The van der Waals surface area contributed by atoms with Gasteiger partial charge in [0.05, 0.1) is 6.10 Å². The summed E-state index contributed by atoms with van der Waals surface area (Å²) in [4.78, 5) is 0. The summed E-state index contributed by atoms with van der Waals surface area (Å²) in [7, 11) is 0. The second-order valence-corrected chi connectivity index (χ2v) is 7.79. The minimum Gasteiger partial charge on any atom is -0.396 e. The minimum absolute atomic E-state index is 0.272. The summed E-state index contributed by atoms with van der Waals surface area (Å²) in [6.45, 7) is 7.10. The number of aliphatic hydroxyl groups is 1. The summed E-state index contributed by atoms with van der Waals surface area (Å²) < 4.78 is 5.98. The van der Waals surface area contributed by atoms with E-state index < -0.39 is 0 Å². The molecule has 2 aliphatic carbocycles. The lowest BCUT2D eigenvalue weighted by Gasteiger charge is -2.60. The summed E-state index contributed by atoms with van der Waals surface area (Å²) in [6, 6.07) is 0.606. The van der Waals surface area contributed by atoms with Crippen molar-refractivity contribution in [1.82, 2.24) is 5.32 Å². The molecule has 0 aromatic rings. The molecule has 5 unspecified atom stereocenters. The average Bonchev–Trinajstić information content (AvgIpc) is 2.47. The smallest absolute Gasteiger partial charge is 0.0684 e. The van der Waals surface area contributed by atoms with E-state index in [0.717, 1.165) is 19.1 Å². The standard InChI is InChI=1S/C17H31NO2/c1-17(2)15(14-8-5-9-20-16(14)17)18-10-12-6-3-4-7-13(12)11-19/h12-16,18-19H,3-11H2,1-2H3. The van der Waals surface area contributed by atoms with Crippen molar-refractivity contribution in [3.8, 4) is 0 Å². The van der Waals surface area contributed by atoms with Crippen molar-refractivity contribution < 1.29 is 9.84 Å². The largest absolute Gasteiger partial charge is 0.396 e. The molecule has 3 nitrogen and oxygen atoms in total. The Kier molecular flexibility index (Phi) is 4.40. The maximum absolute atomic E-state index is 9.54. The Hall–Kier alpha value is -0.120. The van der Waals surface area contributed by atoms with Gasteiger partial charge in [0.15, 0.2) is 0 Å². The van der Waals surface area contributed by atoms with E-state index in [9.17, 15) is 5.11 Å². The van der Waals surface area contributed by atoms with Gasteiger partial charge in [0.2, 0.25) is 0 Å². The van der Waals surface area contributed by atoms with Crippen molar-refractivity contribution in [2.24, 2.45) is 23.2 Å². The number of hydrogen-bond donors (Lipinski definition) is 2. The van der Waals surface area contributed by atoms with Gasteiger partial charge in [-0.1, -0.05) is 26.7 Å². The van der Waals surface area contributed by atoms with E-state index in [1.54, 1.807) is 0 Å². The lowest BCUT2D eigenvalue weighted by Crippen LogP contribution is -2.69. The third kappa shape index (κ3) is 2.53. The number of nitrogens with one attached hydrogen (secondary N) is 1. The molecular formula is C17H31NO2. The van der Waals surface area contributed by atoms with Crippen LogP contribution >= 0.6 is 0 Å². The Labute approximate surface area is 123 Å². The van der Waals surface area contributed by atoms with Crippen molar-refractivity contribution in [3.63, 3.8) is 0 Å². The topological polar surface area (TPSA) is 41.5 Å². The number of fused-ring (bicyclic) bond motifs is 1. The quantitative estimate of drug-likeness (QED) is 0.832. The first-order valence-corrected chi connectivity index (χ1v) is 8.60. The van der Waals surface area contributed by atoms with Crippen LogP contribution in [0.2, 0.25) is 0 Å². The Balaban J connectivity index is 1.55. The van der Waals surface area contributed by atoms with Gasteiger partial charge in [0.1, 0.15) is 0 Å². The molecule has 5 atom stereocenters. The number of hydrogen-bond acceptors (Lipinski definition) is 3. The monoisotopic (exact) mass is 281 g/mol. The van der Waals surface area contributed by atoms with Crippen LogP contribution in [0.5, 0.6) is 0 Å². The third-order valence-electron chi connectivity index (χ3n) is 6.23. The summed E-state index contributed by atoms with van der Waals surface area (Å²) in [6.07, 6.45) is 8.15. The molecule has 0 aromatic carbocycles. The molecule has 0 amide bonds. The molecule has 3 rings (SSSR count). The van der Waals surface area contributed by atoms with Crippen molar-refractivity contribution in [3.05, 3.63) is 0 Å². The first-order chi connectivity index (χ1) is 9.64. The molecule has 1 saturated heterocycles. The van der Waals surface area contributed by atoms with Crippen LogP contribution in [0.25, 0.3) is 0 Å². The maximum atomic E-state index is 9.54. The lowest BCUT2D eigenvalue weighted by molar-refractivity contribution is -0.193. The molecule has 1 aliphatic heterocycles. The summed E-state index contributed by atoms with van der Waals surface area (Å²) in [5, 5.41) is 13.4. The van der Waals surface area contributed by atoms with Crippen molar-refractivity contribution in [2.75, 3.05) is 19.8 Å². The fourth-order valence-electron chi connectivity index (χ4n) is 5.01. The van der Waals surface area contributed by atoms with E-state index in [1.807, 2.05) is 0 Å². The van der Waals surface area contributed by atoms with Crippen LogP contribution < -0.4 is 5.32 Å². The Bertz CT molecular complexity index is 331. The SMILES string of the molecule is CC1(C)C(NCC2CCCCC2CO)C2CCCOC21. The van der Waals surface area contributed by atoms with Gasteiger partial charge in [-0.15, -0.1) is 0 Å². The summed E-state index contributed by atoms with van der Waals surface area (Å²) >= 11 is 0. The van der Waals surface area contributed by atoms with E-state index in [4.69, 9.17) is 4.74 Å². The van der Waals surface area contributed by atoms with Gasteiger partial charge < -0.3 is 15.2 Å². The molecule has 20 heavy (non-hydrogen) atoms. The highest BCUT2D eigenvalue weighted by molar-refractivity contribution is 5.10. The van der Waals surface area contributed by atoms with E-state index in [1.165, 1.54) is 38.5 Å². The molecule has 2 saturated carbocycles. The molecule has 0 radical (unpaired) electrons. The molecule has 0 spiro atoms. The normalized spacial score (nSPS) is 43.6. The highest BCUT2D eigenvalue weighted by atomic mass is 16.5. The highest BCUT2D eigenvalue weighted by Gasteiger charge is 2.57. The van der Waals surface area contributed by atoms with Gasteiger partial charge in [-0.05, 0) is 44.1 Å². The van der Waals surface area contributed by atoms with Gasteiger partial charge in [-0.3, -0.25) is 0 Å². The molecule has 3 aliphatic rings. The molecule has 3 fully saturated rings. The van der Waals surface area contributed by atoms with Gasteiger partial charge in [0.25, 0.3) is 0 Å². The summed E-state index contributed by atoms with van der Waals surface area (Å²) in [5.41, 5.74) is 0.272. The van der Waals surface area contributed by atoms with Gasteiger partial charge >= 0.3 is 0 Å². The van der Waals surface area contributed by atoms with Gasteiger partial charge in [0, 0.05) is 30.6 Å². The zero-order valence-electron chi connectivity index (χ0n) is 13.1. The van der Waals surface area contributed by atoms with Crippen LogP contribution in [0, 0.1) is 23.2 Å². The molecule has 0 aromatic heterocycles.